The summed E-state index contributed by atoms with van der Waals surface area (Å²) in [6.07, 6.45) is 5.71. The largest absolute Gasteiger partial charge is 0.478 e. The van der Waals surface area contributed by atoms with Gasteiger partial charge in [-0.15, -0.1) is 0 Å². The Kier molecular flexibility index (Phi) is 2.77. The molecule has 0 spiro atoms. The molecule has 0 saturated carbocycles. The van der Waals surface area contributed by atoms with E-state index in [-0.39, 0.29) is 0 Å². The van der Waals surface area contributed by atoms with Crippen LogP contribution in [0, 0.1) is 0 Å². The first-order chi connectivity index (χ1) is 7.72. The Balaban J connectivity index is 2.59. The molecule has 3 nitrogen and oxygen atoms in total. The predicted molar refractivity (Wildman–Crippen MR) is 64.3 cm³/mol. The Bertz CT molecular complexity index is 552. The number of carboxylic acids is 1. The van der Waals surface area contributed by atoms with Crippen LogP contribution in [0.3, 0.4) is 0 Å². The molecule has 1 aromatic heterocycles. The summed E-state index contributed by atoms with van der Waals surface area (Å²) in [5, 5.41) is 9.74. The van der Waals surface area contributed by atoms with Gasteiger partial charge >= 0.3 is 5.97 Å². The van der Waals surface area contributed by atoms with Crippen LogP contribution in [0.1, 0.15) is 18.1 Å². The molecule has 82 valence electrons. The monoisotopic (exact) mass is 215 g/mol. The lowest BCUT2D eigenvalue weighted by molar-refractivity contribution is -0.131. The van der Waals surface area contributed by atoms with Crippen molar-refractivity contribution in [2.75, 3.05) is 0 Å². The minimum atomic E-state index is -0.925. The average molecular weight is 215 g/mol. The third kappa shape index (κ3) is 1.84. The lowest BCUT2D eigenvalue weighted by atomic mass is 10.0. The molecule has 0 aliphatic heterocycles. The van der Waals surface area contributed by atoms with Crippen molar-refractivity contribution in [3.8, 4) is 0 Å². The Morgan fingerprint density at radius 2 is 2.31 bits per heavy atom. The molecule has 0 aliphatic rings. The molecule has 0 radical (unpaired) electrons. The van der Waals surface area contributed by atoms with Gasteiger partial charge in [0.2, 0.25) is 0 Å². The van der Waals surface area contributed by atoms with Crippen molar-refractivity contribution in [3.63, 3.8) is 0 Å². The van der Waals surface area contributed by atoms with Crippen molar-refractivity contribution in [2.45, 2.75) is 13.3 Å². The van der Waals surface area contributed by atoms with Crippen molar-refractivity contribution in [2.24, 2.45) is 0 Å². The summed E-state index contributed by atoms with van der Waals surface area (Å²) in [5.41, 5.74) is 3.20. The Hall–Kier alpha value is -2.03. The van der Waals surface area contributed by atoms with Crippen LogP contribution in [0.15, 0.2) is 30.5 Å². The van der Waals surface area contributed by atoms with E-state index < -0.39 is 5.97 Å². The number of carboxylic acid groups (broad SMARTS) is 1. The lowest BCUT2D eigenvalue weighted by Gasteiger charge is -1.99. The maximum absolute atomic E-state index is 10.5. The number of hydrogen-bond donors (Lipinski definition) is 2. The highest BCUT2D eigenvalue weighted by molar-refractivity contribution is 5.95. The fraction of sp³-hybridized carbons (Fsp3) is 0.154. The highest BCUT2D eigenvalue weighted by Gasteiger charge is 2.05. The standard InChI is InChI=1S/C13H13NO2/c1-2-9-8-14-11-5-3-4-10(13(9)11)6-7-12(15)16/h3-8,14H,2H2,1H3,(H,15,16)/b7-6+. The van der Waals surface area contributed by atoms with Gasteiger partial charge in [0.1, 0.15) is 0 Å². The van der Waals surface area contributed by atoms with Gasteiger partial charge in [-0.3, -0.25) is 0 Å². The molecule has 16 heavy (non-hydrogen) atoms. The first-order valence-electron chi connectivity index (χ1n) is 5.22. The van der Waals surface area contributed by atoms with Crippen LogP contribution in [0.2, 0.25) is 0 Å². The number of hydrogen-bond acceptors (Lipinski definition) is 1. The molecule has 0 atom stereocenters. The van der Waals surface area contributed by atoms with Crippen LogP contribution < -0.4 is 0 Å². The predicted octanol–water partition coefficient (Wildman–Crippen LogP) is 2.83. The van der Waals surface area contributed by atoms with E-state index in [9.17, 15) is 4.79 Å². The second-order valence-electron chi connectivity index (χ2n) is 3.61. The van der Waals surface area contributed by atoms with E-state index in [0.717, 1.165) is 22.9 Å². The Morgan fingerprint density at radius 1 is 1.50 bits per heavy atom. The molecule has 0 unspecified atom stereocenters. The zero-order valence-corrected chi connectivity index (χ0v) is 9.03. The van der Waals surface area contributed by atoms with E-state index in [1.807, 2.05) is 24.4 Å². The van der Waals surface area contributed by atoms with E-state index in [1.54, 1.807) is 6.08 Å². The summed E-state index contributed by atoms with van der Waals surface area (Å²) in [4.78, 5) is 13.7. The molecular weight excluding hydrogens is 202 g/mol. The number of aliphatic carboxylic acids is 1. The highest BCUT2D eigenvalue weighted by atomic mass is 16.4. The van der Waals surface area contributed by atoms with Crippen LogP contribution in [-0.2, 0) is 11.2 Å². The fourth-order valence-electron chi connectivity index (χ4n) is 1.86. The summed E-state index contributed by atoms with van der Waals surface area (Å²) in [5.74, 6) is -0.925. The number of rotatable bonds is 3. The highest BCUT2D eigenvalue weighted by Crippen LogP contribution is 2.24. The summed E-state index contributed by atoms with van der Waals surface area (Å²) < 4.78 is 0. The maximum Gasteiger partial charge on any atom is 0.328 e. The van der Waals surface area contributed by atoms with Gasteiger partial charge in [-0.1, -0.05) is 19.1 Å². The molecule has 1 heterocycles. The van der Waals surface area contributed by atoms with E-state index in [1.165, 1.54) is 11.6 Å². The number of aryl methyl sites for hydroxylation is 1. The van der Waals surface area contributed by atoms with Crippen molar-refractivity contribution >= 4 is 22.9 Å². The number of aromatic nitrogens is 1. The van der Waals surface area contributed by atoms with Crippen molar-refractivity contribution in [3.05, 3.63) is 41.6 Å². The van der Waals surface area contributed by atoms with Gasteiger partial charge in [-0.05, 0) is 29.7 Å². The molecular formula is C13H13NO2. The first kappa shape index (κ1) is 10.5. The van der Waals surface area contributed by atoms with Gasteiger partial charge < -0.3 is 10.1 Å². The maximum atomic E-state index is 10.5. The Morgan fingerprint density at radius 3 is 3.00 bits per heavy atom. The Labute approximate surface area is 93.4 Å². The van der Waals surface area contributed by atoms with Gasteiger partial charge in [0, 0.05) is 23.2 Å². The van der Waals surface area contributed by atoms with Crippen molar-refractivity contribution in [1.82, 2.24) is 4.98 Å². The zero-order chi connectivity index (χ0) is 11.5. The molecule has 0 aliphatic carbocycles. The molecule has 2 rings (SSSR count). The SMILES string of the molecule is CCc1c[nH]c2cccc(/C=C/C(=O)O)c12. The summed E-state index contributed by atoms with van der Waals surface area (Å²) >= 11 is 0. The van der Waals surface area contributed by atoms with Crippen LogP contribution >= 0.6 is 0 Å². The minimum Gasteiger partial charge on any atom is -0.478 e. The molecule has 0 fully saturated rings. The molecule has 0 saturated heterocycles. The smallest absolute Gasteiger partial charge is 0.328 e. The van der Waals surface area contributed by atoms with Gasteiger partial charge in [-0.25, -0.2) is 4.79 Å². The van der Waals surface area contributed by atoms with Crippen LogP contribution in [0.4, 0.5) is 0 Å². The normalized spacial score (nSPS) is 11.3. The van der Waals surface area contributed by atoms with Gasteiger partial charge in [0.05, 0.1) is 0 Å². The number of benzene rings is 1. The van der Waals surface area contributed by atoms with Gasteiger partial charge in [0.25, 0.3) is 0 Å². The molecule has 2 aromatic rings. The minimum absolute atomic E-state index is 0.925. The second kappa shape index (κ2) is 4.23. The van der Waals surface area contributed by atoms with Crippen molar-refractivity contribution in [1.29, 1.82) is 0 Å². The van der Waals surface area contributed by atoms with Crippen LogP contribution in [0.25, 0.3) is 17.0 Å². The fourth-order valence-corrected chi connectivity index (χ4v) is 1.86. The molecule has 2 N–H and O–H groups in total. The average Bonchev–Trinajstić information content (AvgIpc) is 2.69. The lowest BCUT2D eigenvalue weighted by Crippen LogP contribution is -1.86. The van der Waals surface area contributed by atoms with Gasteiger partial charge in [0.15, 0.2) is 0 Å². The number of carbonyl (C=O) groups is 1. The second-order valence-corrected chi connectivity index (χ2v) is 3.61. The van der Waals surface area contributed by atoms with E-state index in [0.29, 0.717) is 0 Å². The van der Waals surface area contributed by atoms with E-state index in [4.69, 9.17) is 5.11 Å². The number of nitrogens with one attached hydrogen (secondary N) is 1. The van der Waals surface area contributed by atoms with Crippen LogP contribution in [-0.4, -0.2) is 16.1 Å². The third-order valence-corrected chi connectivity index (χ3v) is 2.61. The third-order valence-electron chi connectivity index (χ3n) is 2.61. The van der Waals surface area contributed by atoms with Gasteiger partial charge in [-0.2, -0.15) is 0 Å². The van der Waals surface area contributed by atoms with E-state index >= 15 is 0 Å². The number of fused-ring (bicyclic) bond motifs is 1. The molecule has 1 aromatic carbocycles. The quantitative estimate of drug-likeness (QED) is 0.773. The molecule has 3 heteroatoms. The molecule has 0 amide bonds. The number of H-pyrrole nitrogens is 1. The number of aromatic amines is 1. The first-order valence-corrected chi connectivity index (χ1v) is 5.22. The summed E-state index contributed by atoms with van der Waals surface area (Å²) in [7, 11) is 0. The zero-order valence-electron chi connectivity index (χ0n) is 9.03. The topological polar surface area (TPSA) is 53.1 Å². The molecule has 0 bridgehead atoms. The van der Waals surface area contributed by atoms with Crippen LogP contribution in [0.5, 0.6) is 0 Å². The summed E-state index contributed by atoms with van der Waals surface area (Å²) in [6, 6.07) is 5.83. The summed E-state index contributed by atoms with van der Waals surface area (Å²) in [6.45, 7) is 2.08. The van der Waals surface area contributed by atoms with E-state index in [2.05, 4.69) is 11.9 Å². The van der Waals surface area contributed by atoms with Crippen molar-refractivity contribution < 1.29 is 9.90 Å².